The first-order valence-electron chi connectivity index (χ1n) is 6.99. The molecule has 2 rings (SSSR count). The molecule has 112 valence electrons. The molecular formula is C18H19N3O. The number of hydrogen-bond acceptors (Lipinski definition) is 3. The Labute approximate surface area is 130 Å². The van der Waals surface area contributed by atoms with Crippen LogP contribution in [0.1, 0.15) is 15.9 Å². The number of rotatable bonds is 5. The number of benzene rings is 2. The molecule has 0 heterocycles. The van der Waals surface area contributed by atoms with E-state index in [-0.39, 0.29) is 5.91 Å². The molecule has 4 heteroatoms. The summed E-state index contributed by atoms with van der Waals surface area (Å²) in [6.07, 6.45) is 5.26. The lowest BCUT2D eigenvalue weighted by Gasteiger charge is -2.12. The Hall–Kier alpha value is -2.88. The number of amides is 1. The maximum Gasteiger partial charge on any atom is 0.271 e. The molecular weight excluding hydrogens is 274 g/mol. The topological polar surface area (TPSA) is 44.7 Å². The van der Waals surface area contributed by atoms with Crippen molar-refractivity contribution in [3.05, 3.63) is 71.8 Å². The largest absolute Gasteiger partial charge is 0.378 e. The summed E-state index contributed by atoms with van der Waals surface area (Å²) in [5.74, 6) is -0.227. The molecule has 1 amide bonds. The molecule has 0 spiro atoms. The second-order valence-electron chi connectivity index (χ2n) is 4.93. The third-order valence-electron chi connectivity index (χ3n) is 3.06. The van der Waals surface area contributed by atoms with Crippen molar-refractivity contribution >= 4 is 23.9 Å². The average molecular weight is 293 g/mol. The van der Waals surface area contributed by atoms with Crippen LogP contribution in [0.5, 0.6) is 0 Å². The number of anilines is 1. The van der Waals surface area contributed by atoms with Crippen LogP contribution in [0.2, 0.25) is 0 Å². The van der Waals surface area contributed by atoms with Crippen molar-refractivity contribution in [1.29, 1.82) is 0 Å². The van der Waals surface area contributed by atoms with Gasteiger partial charge in [-0.3, -0.25) is 4.79 Å². The van der Waals surface area contributed by atoms with Gasteiger partial charge in [0.05, 0.1) is 0 Å². The van der Waals surface area contributed by atoms with Crippen LogP contribution in [0.3, 0.4) is 0 Å². The Morgan fingerprint density at radius 3 is 2.36 bits per heavy atom. The summed E-state index contributed by atoms with van der Waals surface area (Å²) in [6.45, 7) is 0. The van der Waals surface area contributed by atoms with E-state index in [1.807, 2.05) is 67.5 Å². The second-order valence-corrected chi connectivity index (χ2v) is 4.93. The van der Waals surface area contributed by atoms with E-state index in [1.165, 1.54) is 0 Å². The van der Waals surface area contributed by atoms with Crippen molar-refractivity contribution in [3.63, 3.8) is 0 Å². The highest BCUT2D eigenvalue weighted by Crippen LogP contribution is 2.11. The zero-order valence-corrected chi connectivity index (χ0v) is 12.7. The van der Waals surface area contributed by atoms with Crippen LogP contribution in [-0.2, 0) is 0 Å². The fraction of sp³-hybridized carbons (Fsp3) is 0.111. The number of carbonyl (C=O) groups excluding carboxylic acids is 1. The lowest BCUT2D eigenvalue weighted by atomic mass is 10.2. The minimum Gasteiger partial charge on any atom is -0.378 e. The van der Waals surface area contributed by atoms with Gasteiger partial charge in [0.2, 0.25) is 0 Å². The Morgan fingerprint density at radius 1 is 1.05 bits per heavy atom. The van der Waals surface area contributed by atoms with Crippen molar-refractivity contribution in [3.8, 4) is 0 Å². The fourth-order valence-electron chi connectivity index (χ4n) is 1.83. The highest BCUT2D eigenvalue weighted by molar-refractivity contribution is 5.95. The molecule has 0 unspecified atom stereocenters. The van der Waals surface area contributed by atoms with Gasteiger partial charge in [-0.05, 0) is 35.9 Å². The molecule has 0 atom stereocenters. The molecule has 0 radical (unpaired) electrons. The molecule has 0 saturated carbocycles. The first-order chi connectivity index (χ1) is 10.7. The summed E-state index contributed by atoms with van der Waals surface area (Å²) in [7, 11) is 3.91. The van der Waals surface area contributed by atoms with Gasteiger partial charge in [0.25, 0.3) is 5.91 Å². The van der Waals surface area contributed by atoms with E-state index in [9.17, 15) is 4.79 Å². The van der Waals surface area contributed by atoms with E-state index < -0.39 is 0 Å². The summed E-state index contributed by atoms with van der Waals surface area (Å²) >= 11 is 0. The van der Waals surface area contributed by atoms with Crippen LogP contribution in [0, 0.1) is 0 Å². The predicted molar refractivity (Wildman–Crippen MR) is 92.2 cm³/mol. The normalized spacial score (nSPS) is 11.0. The molecule has 0 aromatic heterocycles. The Kier molecular flexibility index (Phi) is 5.49. The summed E-state index contributed by atoms with van der Waals surface area (Å²) in [4.78, 5) is 13.9. The molecule has 0 aliphatic rings. The fourth-order valence-corrected chi connectivity index (χ4v) is 1.83. The Bertz CT molecular complexity index is 658. The average Bonchev–Trinajstić information content (AvgIpc) is 2.55. The number of allylic oxidation sites excluding steroid dienone is 1. The lowest BCUT2D eigenvalue weighted by Crippen LogP contribution is -2.17. The van der Waals surface area contributed by atoms with E-state index in [0.29, 0.717) is 5.56 Å². The quantitative estimate of drug-likeness (QED) is 0.679. The van der Waals surface area contributed by atoms with Gasteiger partial charge in [-0.1, -0.05) is 36.4 Å². The predicted octanol–water partition coefficient (Wildman–Crippen LogP) is 3.18. The minimum atomic E-state index is -0.227. The molecule has 0 saturated heterocycles. The van der Waals surface area contributed by atoms with Gasteiger partial charge in [0, 0.05) is 31.6 Å². The molecule has 22 heavy (non-hydrogen) atoms. The van der Waals surface area contributed by atoms with Crippen molar-refractivity contribution in [2.45, 2.75) is 0 Å². The van der Waals surface area contributed by atoms with Gasteiger partial charge in [-0.15, -0.1) is 0 Å². The summed E-state index contributed by atoms with van der Waals surface area (Å²) in [5.41, 5.74) is 5.21. The molecule has 0 aliphatic carbocycles. The van der Waals surface area contributed by atoms with Gasteiger partial charge in [-0.25, -0.2) is 5.43 Å². The molecule has 4 nitrogen and oxygen atoms in total. The first kappa shape index (κ1) is 15.5. The molecule has 0 bridgehead atoms. The lowest BCUT2D eigenvalue weighted by molar-refractivity contribution is 0.0955. The SMILES string of the molecule is CN(C)c1ccc(C(=O)N/N=C/C=C/c2ccccc2)cc1. The Morgan fingerprint density at radius 2 is 1.73 bits per heavy atom. The maximum absolute atomic E-state index is 11.9. The van der Waals surface area contributed by atoms with E-state index in [1.54, 1.807) is 24.4 Å². The van der Waals surface area contributed by atoms with Crippen molar-refractivity contribution in [1.82, 2.24) is 5.43 Å². The highest BCUT2D eigenvalue weighted by atomic mass is 16.2. The summed E-state index contributed by atoms with van der Waals surface area (Å²) < 4.78 is 0. The van der Waals surface area contributed by atoms with Gasteiger partial charge in [0.1, 0.15) is 0 Å². The smallest absolute Gasteiger partial charge is 0.271 e. The first-order valence-corrected chi connectivity index (χ1v) is 6.99. The van der Waals surface area contributed by atoms with E-state index in [4.69, 9.17) is 0 Å². The second kappa shape index (κ2) is 7.78. The number of hydrogen-bond donors (Lipinski definition) is 1. The number of nitrogens with zero attached hydrogens (tertiary/aromatic N) is 2. The number of hydrazone groups is 1. The minimum absolute atomic E-state index is 0.227. The maximum atomic E-state index is 11.9. The van der Waals surface area contributed by atoms with Gasteiger partial charge < -0.3 is 4.90 Å². The van der Waals surface area contributed by atoms with Gasteiger partial charge >= 0.3 is 0 Å². The van der Waals surface area contributed by atoms with Crippen LogP contribution in [-0.4, -0.2) is 26.2 Å². The monoisotopic (exact) mass is 293 g/mol. The summed E-state index contributed by atoms with van der Waals surface area (Å²) in [5, 5.41) is 3.90. The van der Waals surface area contributed by atoms with Crippen LogP contribution < -0.4 is 10.3 Å². The van der Waals surface area contributed by atoms with Crippen molar-refractivity contribution in [2.75, 3.05) is 19.0 Å². The molecule has 2 aromatic rings. The van der Waals surface area contributed by atoms with Crippen LogP contribution in [0.25, 0.3) is 6.08 Å². The standard InChI is InChI=1S/C18H19N3O/c1-21(2)17-12-10-16(11-13-17)18(22)20-19-14-6-9-15-7-4-3-5-8-15/h3-14H,1-2H3,(H,20,22)/b9-6+,19-14+. The molecule has 0 aliphatic heterocycles. The Balaban J connectivity index is 1.87. The third kappa shape index (κ3) is 4.59. The summed E-state index contributed by atoms with van der Waals surface area (Å²) in [6, 6.07) is 17.2. The van der Waals surface area contributed by atoms with Crippen LogP contribution in [0.15, 0.2) is 65.8 Å². The number of nitrogens with one attached hydrogen (secondary N) is 1. The van der Waals surface area contributed by atoms with Crippen LogP contribution >= 0.6 is 0 Å². The zero-order valence-electron chi connectivity index (χ0n) is 12.7. The number of carbonyl (C=O) groups is 1. The third-order valence-corrected chi connectivity index (χ3v) is 3.06. The van der Waals surface area contributed by atoms with Gasteiger partial charge in [0.15, 0.2) is 0 Å². The van der Waals surface area contributed by atoms with Crippen molar-refractivity contribution in [2.24, 2.45) is 5.10 Å². The highest BCUT2D eigenvalue weighted by Gasteiger charge is 2.03. The van der Waals surface area contributed by atoms with E-state index in [0.717, 1.165) is 11.3 Å². The van der Waals surface area contributed by atoms with Gasteiger partial charge in [-0.2, -0.15) is 5.10 Å². The molecule has 1 N–H and O–H groups in total. The molecule has 0 fully saturated rings. The van der Waals surface area contributed by atoms with Crippen molar-refractivity contribution < 1.29 is 4.79 Å². The van der Waals surface area contributed by atoms with Crippen LogP contribution in [0.4, 0.5) is 5.69 Å². The van der Waals surface area contributed by atoms with E-state index in [2.05, 4.69) is 10.5 Å². The zero-order chi connectivity index (χ0) is 15.8. The van der Waals surface area contributed by atoms with E-state index >= 15 is 0 Å². The molecule has 2 aromatic carbocycles.